The fraction of sp³-hybridized carbons (Fsp3) is 0.353. The Hall–Kier alpha value is -2.27. The minimum absolute atomic E-state index is 0.125. The Labute approximate surface area is 130 Å². The van der Waals surface area contributed by atoms with E-state index in [0.29, 0.717) is 30.0 Å². The topological polar surface area (TPSA) is 54.7 Å². The van der Waals surface area contributed by atoms with Gasteiger partial charge in [-0.2, -0.15) is 0 Å². The Bertz CT molecular complexity index is 646. The first kappa shape index (κ1) is 16.1. The number of furan rings is 1. The number of amides is 1. The third-order valence-electron chi connectivity index (χ3n) is 3.22. The molecule has 0 unspecified atom stereocenters. The number of nitrogens with one attached hydrogen (secondary N) is 1. The normalized spacial score (nSPS) is 10.9. The minimum Gasteiger partial charge on any atom is -0.489 e. The summed E-state index contributed by atoms with van der Waals surface area (Å²) >= 11 is 0. The van der Waals surface area contributed by atoms with Crippen molar-refractivity contribution in [2.24, 2.45) is 0 Å². The Morgan fingerprint density at radius 2 is 2.27 bits per heavy atom. The number of carbonyl (C=O) groups excluding carboxylic acids is 1. The van der Waals surface area contributed by atoms with Crippen LogP contribution in [0.1, 0.15) is 16.8 Å². The molecule has 1 N–H and O–H groups in total. The van der Waals surface area contributed by atoms with Gasteiger partial charge in [0, 0.05) is 12.1 Å². The quantitative estimate of drug-likeness (QED) is 0.602. The van der Waals surface area contributed by atoms with E-state index in [1.807, 2.05) is 20.2 Å². The third kappa shape index (κ3) is 4.11. The van der Waals surface area contributed by atoms with Crippen LogP contribution in [0.4, 0.5) is 0 Å². The van der Waals surface area contributed by atoms with Crippen molar-refractivity contribution >= 4 is 16.9 Å². The number of hydrogen-bond donors (Lipinski definition) is 1. The van der Waals surface area contributed by atoms with Crippen molar-refractivity contribution in [1.82, 2.24) is 10.2 Å². The first-order valence-electron chi connectivity index (χ1n) is 7.29. The summed E-state index contributed by atoms with van der Waals surface area (Å²) in [5, 5.41) is 3.76. The van der Waals surface area contributed by atoms with E-state index in [2.05, 4.69) is 16.8 Å². The van der Waals surface area contributed by atoms with Gasteiger partial charge >= 0.3 is 0 Å². The van der Waals surface area contributed by atoms with Crippen LogP contribution in [0.3, 0.4) is 0 Å². The van der Waals surface area contributed by atoms with E-state index in [9.17, 15) is 4.79 Å². The zero-order valence-corrected chi connectivity index (χ0v) is 13.1. The van der Waals surface area contributed by atoms with Crippen LogP contribution in [0.15, 0.2) is 41.5 Å². The van der Waals surface area contributed by atoms with E-state index in [1.165, 1.54) is 0 Å². The van der Waals surface area contributed by atoms with Gasteiger partial charge in [0.1, 0.15) is 17.9 Å². The number of hydrogen-bond acceptors (Lipinski definition) is 4. The number of rotatable bonds is 8. The molecule has 0 fully saturated rings. The minimum atomic E-state index is -0.125. The molecule has 2 rings (SSSR count). The Morgan fingerprint density at radius 3 is 3.00 bits per heavy atom. The highest BCUT2D eigenvalue weighted by molar-refractivity contribution is 5.99. The molecule has 0 aliphatic carbocycles. The fourth-order valence-electron chi connectivity index (χ4n) is 2.14. The molecule has 0 saturated heterocycles. The molecule has 0 radical (unpaired) electrons. The van der Waals surface area contributed by atoms with E-state index in [1.54, 1.807) is 24.5 Å². The summed E-state index contributed by atoms with van der Waals surface area (Å²) < 4.78 is 11.0. The monoisotopic (exact) mass is 302 g/mol. The number of nitrogens with zero attached hydrogens (tertiary/aromatic N) is 1. The van der Waals surface area contributed by atoms with Crippen LogP contribution < -0.4 is 10.1 Å². The van der Waals surface area contributed by atoms with Gasteiger partial charge in [0.25, 0.3) is 5.91 Å². The van der Waals surface area contributed by atoms with Crippen LogP contribution in [-0.2, 0) is 0 Å². The van der Waals surface area contributed by atoms with Gasteiger partial charge in [-0.15, -0.1) is 0 Å². The van der Waals surface area contributed by atoms with Gasteiger partial charge in [0.2, 0.25) is 0 Å². The molecule has 0 bridgehead atoms. The van der Waals surface area contributed by atoms with Crippen molar-refractivity contribution in [2.45, 2.75) is 6.42 Å². The van der Waals surface area contributed by atoms with E-state index >= 15 is 0 Å². The summed E-state index contributed by atoms with van der Waals surface area (Å²) in [6.45, 7) is 5.59. The maximum Gasteiger partial charge on any atom is 0.251 e. The standard InChI is InChI=1S/C17H22N2O3/c1-4-9-21-15-11-13(12-16-14(15)6-10-22-16)17(20)18-7-5-8-19(2)3/h4,6,10-12H,1,5,7-9H2,2-3H3,(H,18,20). The van der Waals surface area contributed by atoms with Gasteiger partial charge in [-0.1, -0.05) is 12.7 Å². The molecule has 118 valence electrons. The number of ether oxygens (including phenoxy) is 1. The molecule has 0 saturated carbocycles. The third-order valence-corrected chi connectivity index (χ3v) is 3.22. The van der Waals surface area contributed by atoms with Gasteiger partial charge in [-0.05, 0) is 45.3 Å². The van der Waals surface area contributed by atoms with Gasteiger partial charge < -0.3 is 19.4 Å². The molecule has 22 heavy (non-hydrogen) atoms. The summed E-state index contributed by atoms with van der Waals surface area (Å²) in [5.41, 5.74) is 1.17. The average Bonchev–Trinajstić information content (AvgIpc) is 2.97. The summed E-state index contributed by atoms with van der Waals surface area (Å²) in [5.74, 6) is 0.505. The molecule has 1 aromatic heterocycles. The number of carbonyl (C=O) groups is 1. The second-order valence-corrected chi connectivity index (χ2v) is 5.32. The van der Waals surface area contributed by atoms with Crippen molar-refractivity contribution in [3.8, 4) is 5.75 Å². The van der Waals surface area contributed by atoms with Crippen LogP contribution in [0.5, 0.6) is 5.75 Å². The first-order valence-corrected chi connectivity index (χ1v) is 7.29. The molecule has 0 aliphatic rings. The van der Waals surface area contributed by atoms with Crippen LogP contribution in [0.25, 0.3) is 11.0 Å². The van der Waals surface area contributed by atoms with Crippen LogP contribution in [-0.4, -0.2) is 44.6 Å². The zero-order chi connectivity index (χ0) is 15.9. The maximum atomic E-state index is 12.2. The summed E-state index contributed by atoms with van der Waals surface area (Å²) in [6.07, 6.45) is 4.16. The second kappa shape index (κ2) is 7.66. The largest absolute Gasteiger partial charge is 0.489 e. The van der Waals surface area contributed by atoms with Crippen molar-refractivity contribution < 1.29 is 13.9 Å². The fourth-order valence-corrected chi connectivity index (χ4v) is 2.14. The van der Waals surface area contributed by atoms with Gasteiger partial charge in [-0.25, -0.2) is 0 Å². The Morgan fingerprint density at radius 1 is 1.45 bits per heavy atom. The highest BCUT2D eigenvalue weighted by atomic mass is 16.5. The molecule has 1 amide bonds. The van der Waals surface area contributed by atoms with Crippen LogP contribution in [0.2, 0.25) is 0 Å². The maximum absolute atomic E-state index is 12.2. The molecular weight excluding hydrogens is 280 g/mol. The van der Waals surface area contributed by atoms with E-state index in [0.717, 1.165) is 18.4 Å². The molecule has 2 aromatic rings. The molecular formula is C17H22N2O3. The SMILES string of the molecule is C=CCOc1cc(C(=O)NCCCN(C)C)cc2occc12. The Balaban J connectivity index is 2.09. The van der Waals surface area contributed by atoms with Gasteiger partial charge in [0.15, 0.2) is 0 Å². The average molecular weight is 302 g/mol. The van der Waals surface area contributed by atoms with Crippen LogP contribution >= 0.6 is 0 Å². The highest BCUT2D eigenvalue weighted by Gasteiger charge is 2.12. The second-order valence-electron chi connectivity index (χ2n) is 5.32. The Kier molecular flexibility index (Phi) is 5.61. The van der Waals surface area contributed by atoms with E-state index in [4.69, 9.17) is 9.15 Å². The van der Waals surface area contributed by atoms with Crippen molar-refractivity contribution in [1.29, 1.82) is 0 Å². The molecule has 1 aromatic carbocycles. The first-order chi connectivity index (χ1) is 10.6. The molecule has 0 spiro atoms. The lowest BCUT2D eigenvalue weighted by Crippen LogP contribution is -2.27. The molecule has 0 aliphatic heterocycles. The summed E-state index contributed by atoms with van der Waals surface area (Å²) in [6, 6.07) is 5.30. The van der Waals surface area contributed by atoms with Crippen molar-refractivity contribution in [2.75, 3.05) is 33.8 Å². The van der Waals surface area contributed by atoms with E-state index in [-0.39, 0.29) is 5.91 Å². The zero-order valence-electron chi connectivity index (χ0n) is 13.1. The lowest BCUT2D eigenvalue weighted by Gasteiger charge is -2.11. The van der Waals surface area contributed by atoms with Crippen molar-refractivity contribution in [3.05, 3.63) is 42.7 Å². The highest BCUT2D eigenvalue weighted by Crippen LogP contribution is 2.28. The number of fused-ring (bicyclic) bond motifs is 1. The smallest absolute Gasteiger partial charge is 0.251 e. The summed E-state index contributed by atoms with van der Waals surface area (Å²) in [7, 11) is 4.02. The van der Waals surface area contributed by atoms with Crippen molar-refractivity contribution in [3.63, 3.8) is 0 Å². The molecule has 5 nitrogen and oxygen atoms in total. The molecule has 0 atom stereocenters. The van der Waals surface area contributed by atoms with E-state index < -0.39 is 0 Å². The molecule has 1 heterocycles. The van der Waals surface area contributed by atoms with Gasteiger partial charge in [0.05, 0.1) is 11.6 Å². The predicted molar refractivity (Wildman–Crippen MR) is 87.4 cm³/mol. The lowest BCUT2D eigenvalue weighted by molar-refractivity contribution is 0.0952. The predicted octanol–water partition coefficient (Wildman–Crippen LogP) is 2.68. The summed E-state index contributed by atoms with van der Waals surface area (Å²) in [4.78, 5) is 14.3. The van der Waals surface area contributed by atoms with Gasteiger partial charge in [-0.3, -0.25) is 4.79 Å². The van der Waals surface area contributed by atoms with Crippen LogP contribution in [0, 0.1) is 0 Å². The number of benzene rings is 1. The lowest BCUT2D eigenvalue weighted by atomic mass is 10.1. The molecule has 5 heteroatoms.